The minimum Gasteiger partial charge on any atom is -0.339 e. The molecule has 2 saturated heterocycles. The summed E-state index contributed by atoms with van der Waals surface area (Å²) in [7, 11) is 0. The molecule has 2 bridgehead atoms. The van der Waals surface area contributed by atoms with E-state index in [1.54, 1.807) is 0 Å². The van der Waals surface area contributed by atoms with Gasteiger partial charge in [0.25, 0.3) is 0 Å². The van der Waals surface area contributed by atoms with Gasteiger partial charge in [0.1, 0.15) is 0 Å². The summed E-state index contributed by atoms with van der Waals surface area (Å²) in [6.45, 7) is 12.2. The Balaban J connectivity index is 0.00000161. The molecule has 21 heavy (non-hydrogen) atoms. The standard InChI is InChI=1S/C17H30N2O.ClH/c1-15(2)8-13-9-16(3,10-15)12-19(13)14(20)17(4)6-5-7-18-11-17;/h13,18H,5-12H2,1-4H3;1H. The molecular formula is C17H31ClN2O. The third-order valence-electron chi connectivity index (χ3n) is 5.79. The summed E-state index contributed by atoms with van der Waals surface area (Å²) in [5.41, 5.74) is 0.565. The number of halogens is 1. The molecule has 0 radical (unpaired) electrons. The van der Waals surface area contributed by atoms with Crippen molar-refractivity contribution >= 4 is 18.3 Å². The lowest BCUT2D eigenvalue weighted by molar-refractivity contribution is -0.143. The minimum atomic E-state index is -0.170. The van der Waals surface area contributed by atoms with Crippen molar-refractivity contribution in [1.82, 2.24) is 10.2 Å². The Kier molecular flexibility index (Phi) is 4.41. The number of hydrogen-bond donors (Lipinski definition) is 1. The summed E-state index contributed by atoms with van der Waals surface area (Å²) in [4.78, 5) is 15.4. The highest BCUT2D eigenvalue weighted by atomic mass is 35.5. The maximum absolute atomic E-state index is 13.1. The molecule has 1 saturated carbocycles. The van der Waals surface area contributed by atoms with Crippen LogP contribution in [-0.4, -0.2) is 36.5 Å². The van der Waals surface area contributed by atoms with Crippen LogP contribution in [0.2, 0.25) is 0 Å². The molecule has 0 spiro atoms. The smallest absolute Gasteiger partial charge is 0.230 e. The van der Waals surface area contributed by atoms with Gasteiger partial charge >= 0.3 is 0 Å². The molecule has 0 aromatic carbocycles. The zero-order valence-corrected chi connectivity index (χ0v) is 14.8. The summed E-state index contributed by atoms with van der Waals surface area (Å²) in [5.74, 6) is 0.413. The van der Waals surface area contributed by atoms with Crippen molar-refractivity contribution in [2.75, 3.05) is 19.6 Å². The monoisotopic (exact) mass is 314 g/mol. The van der Waals surface area contributed by atoms with E-state index in [0.717, 1.165) is 32.5 Å². The molecule has 0 aromatic heterocycles. The molecule has 3 fully saturated rings. The number of likely N-dealkylation sites (tertiary alicyclic amines) is 1. The van der Waals surface area contributed by atoms with E-state index in [1.165, 1.54) is 19.3 Å². The molecule has 1 amide bonds. The maximum Gasteiger partial charge on any atom is 0.230 e. The molecule has 1 N–H and O–H groups in total. The fraction of sp³-hybridized carbons (Fsp3) is 0.941. The van der Waals surface area contributed by atoms with E-state index in [1.807, 2.05) is 0 Å². The van der Waals surface area contributed by atoms with Crippen LogP contribution in [0.3, 0.4) is 0 Å². The predicted molar refractivity (Wildman–Crippen MR) is 88.7 cm³/mol. The minimum absolute atomic E-state index is 0. The summed E-state index contributed by atoms with van der Waals surface area (Å²) in [6, 6.07) is 0.481. The second kappa shape index (κ2) is 5.42. The van der Waals surface area contributed by atoms with Crippen LogP contribution in [-0.2, 0) is 4.79 Å². The number of hydrogen-bond acceptors (Lipinski definition) is 2. The molecule has 4 heteroatoms. The Labute approximate surface area is 135 Å². The molecule has 3 rings (SSSR count). The van der Waals surface area contributed by atoms with Gasteiger partial charge in [0.2, 0.25) is 5.91 Å². The zero-order chi connectivity index (χ0) is 14.6. The highest BCUT2D eigenvalue weighted by molar-refractivity contribution is 5.85. The highest BCUT2D eigenvalue weighted by Crippen LogP contribution is 2.53. The average Bonchev–Trinajstić information content (AvgIpc) is 2.58. The van der Waals surface area contributed by atoms with Crippen molar-refractivity contribution < 1.29 is 4.79 Å². The van der Waals surface area contributed by atoms with Gasteiger partial charge in [-0.25, -0.2) is 0 Å². The third-order valence-corrected chi connectivity index (χ3v) is 5.79. The molecular weight excluding hydrogens is 284 g/mol. The largest absolute Gasteiger partial charge is 0.339 e. The molecule has 3 nitrogen and oxygen atoms in total. The van der Waals surface area contributed by atoms with E-state index in [2.05, 4.69) is 37.9 Å². The Morgan fingerprint density at radius 1 is 1.19 bits per heavy atom. The van der Waals surface area contributed by atoms with Gasteiger partial charge in [-0.3, -0.25) is 4.79 Å². The molecule has 3 aliphatic rings. The van der Waals surface area contributed by atoms with Crippen LogP contribution in [0.15, 0.2) is 0 Å². The van der Waals surface area contributed by atoms with E-state index >= 15 is 0 Å². The Morgan fingerprint density at radius 3 is 2.52 bits per heavy atom. The molecule has 0 aromatic rings. The topological polar surface area (TPSA) is 32.3 Å². The second-order valence-corrected chi connectivity index (χ2v) is 8.99. The van der Waals surface area contributed by atoms with E-state index < -0.39 is 0 Å². The first-order valence-electron chi connectivity index (χ1n) is 8.25. The number of carbonyl (C=O) groups excluding carboxylic acids is 1. The van der Waals surface area contributed by atoms with Crippen LogP contribution < -0.4 is 5.32 Å². The lowest BCUT2D eigenvalue weighted by Crippen LogP contribution is -2.51. The fourth-order valence-corrected chi connectivity index (χ4v) is 5.28. The number of rotatable bonds is 1. The molecule has 1 aliphatic carbocycles. The van der Waals surface area contributed by atoms with Crippen LogP contribution in [0.1, 0.15) is 59.8 Å². The van der Waals surface area contributed by atoms with Crippen LogP contribution in [0.5, 0.6) is 0 Å². The Bertz CT molecular complexity index is 417. The lowest BCUT2D eigenvalue weighted by atomic mass is 9.65. The molecule has 2 heterocycles. The molecule has 2 aliphatic heterocycles. The number of fused-ring (bicyclic) bond motifs is 2. The second-order valence-electron chi connectivity index (χ2n) is 8.99. The predicted octanol–water partition coefficient (Wildman–Crippen LogP) is 3.23. The van der Waals surface area contributed by atoms with Gasteiger partial charge in [0.15, 0.2) is 0 Å². The normalized spacial score (nSPS) is 41.5. The summed E-state index contributed by atoms with van der Waals surface area (Å²) >= 11 is 0. The number of carbonyl (C=O) groups is 1. The first kappa shape index (κ1) is 17.1. The van der Waals surface area contributed by atoms with E-state index in [0.29, 0.717) is 22.8 Å². The van der Waals surface area contributed by atoms with Gasteiger partial charge in [0, 0.05) is 19.1 Å². The van der Waals surface area contributed by atoms with Crippen molar-refractivity contribution in [3.63, 3.8) is 0 Å². The quantitative estimate of drug-likeness (QED) is 0.806. The van der Waals surface area contributed by atoms with E-state index in [4.69, 9.17) is 0 Å². The van der Waals surface area contributed by atoms with Crippen molar-refractivity contribution in [2.45, 2.75) is 65.8 Å². The Hall–Kier alpha value is -0.280. The number of nitrogens with one attached hydrogen (secondary N) is 1. The van der Waals surface area contributed by atoms with E-state index in [-0.39, 0.29) is 17.8 Å². The first-order chi connectivity index (χ1) is 9.23. The first-order valence-corrected chi connectivity index (χ1v) is 8.25. The zero-order valence-electron chi connectivity index (χ0n) is 14.0. The van der Waals surface area contributed by atoms with Gasteiger partial charge in [-0.05, 0) is 56.4 Å². The molecule has 3 unspecified atom stereocenters. The number of piperidine rings is 1. The molecule has 3 atom stereocenters. The maximum atomic E-state index is 13.1. The summed E-state index contributed by atoms with van der Waals surface area (Å²) in [5, 5.41) is 3.42. The van der Waals surface area contributed by atoms with Crippen molar-refractivity contribution in [1.29, 1.82) is 0 Å². The lowest BCUT2D eigenvalue weighted by Gasteiger charge is -2.41. The van der Waals surface area contributed by atoms with Gasteiger partial charge < -0.3 is 10.2 Å². The van der Waals surface area contributed by atoms with Gasteiger partial charge in [-0.15, -0.1) is 12.4 Å². The number of nitrogens with zero attached hydrogens (tertiary/aromatic N) is 1. The van der Waals surface area contributed by atoms with Crippen LogP contribution in [0.25, 0.3) is 0 Å². The van der Waals surface area contributed by atoms with Gasteiger partial charge in [-0.2, -0.15) is 0 Å². The summed E-state index contributed by atoms with van der Waals surface area (Å²) in [6.07, 6.45) is 5.82. The third kappa shape index (κ3) is 3.10. The highest BCUT2D eigenvalue weighted by Gasteiger charge is 2.53. The fourth-order valence-electron chi connectivity index (χ4n) is 5.28. The van der Waals surface area contributed by atoms with Crippen LogP contribution in [0.4, 0.5) is 0 Å². The van der Waals surface area contributed by atoms with Crippen molar-refractivity contribution in [3.05, 3.63) is 0 Å². The van der Waals surface area contributed by atoms with Crippen molar-refractivity contribution in [3.8, 4) is 0 Å². The average molecular weight is 315 g/mol. The van der Waals surface area contributed by atoms with E-state index in [9.17, 15) is 4.79 Å². The van der Waals surface area contributed by atoms with Gasteiger partial charge in [-0.1, -0.05) is 20.8 Å². The van der Waals surface area contributed by atoms with Crippen LogP contribution in [0, 0.1) is 16.2 Å². The Morgan fingerprint density at radius 2 is 1.90 bits per heavy atom. The van der Waals surface area contributed by atoms with Gasteiger partial charge in [0.05, 0.1) is 5.41 Å². The van der Waals surface area contributed by atoms with Crippen molar-refractivity contribution in [2.24, 2.45) is 16.2 Å². The number of amides is 1. The molecule has 122 valence electrons. The van der Waals surface area contributed by atoms with Crippen LogP contribution >= 0.6 is 12.4 Å². The SMILES string of the molecule is CC1(C)CC2CC(C)(CN2C(=O)C2(C)CCCNC2)C1.Cl. The summed E-state index contributed by atoms with van der Waals surface area (Å²) < 4.78 is 0.